The molecule has 4 heteroatoms. The number of hydrogen-bond donors (Lipinski definition) is 0. The summed E-state index contributed by atoms with van der Waals surface area (Å²) < 4.78 is 9.21. The van der Waals surface area contributed by atoms with Crippen LogP contribution in [-0.2, 0) is 4.74 Å². The van der Waals surface area contributed by atoms with Gasteiger partial charge in [-0.3, -0.25) is 0 Å². The van der Waals surface area contributed by atoms with Crippen LogP contribution in [0.5, 0.6) is 0 Å². The van der Waals surface area contributed by atoms with Gasteiger partial charge in [-0.1, -0.05) is 60.5 Å². The maximum Gasteiger partial charge on any atom is 0.344 e. The van der Waals surface area contributed by atoms with E-state index in [4.69, 9.17) is 27.9 Å². The number of rotatable bonds is 6. The van der Waals surface area contributed by atoms with Gasteiger partial charge in [-0.25, -0.2) is 0 Å². The first-order valence-electron chi connectivity index (χ1n) is 11.5. The van der Waals surface area contributed by atoms with Gasteiger partial charge >= 0.3 is 5.90 Å². The second-order valence-electron chi connectivity index (χ2n) is 9.42. The lowest BCUT2D eigenvalue weighted by atomic mass is 9.67. The number of benzene rings is 2. The van der Waals surface area contributed by atoms with Crippen LogP contribution in [0, 0.1) is 11.3 Å². The van der Waals surface area contributed by atoms with Crippen LogP contribution >= 0.6 is 23.2 Å². The van der Waals surface area contributed by atoms with Crippen LogP contribution in [0.4, 0.5) is 0 Å². The molecule has 162 valence electrons. The first-order chi connectivity index (χ1) is 15.1. The van der Waals surface area contributed by atoms with E-state index in [1.807, 2.05) is 18.2 Å². The van der Waals surface area contributed by atoms with Crippen molar-refractivity contribution in [1.29, 1.82) is 0 Å². The molecule has 2 aliphatic heterocycles. The molecule has 2 nitrogen and oxygen atoms in total. The summed E-state index contributed by atoms with van der Waals surface area (Å²) in [5.41, 5.74) is 2.57. The molecule has 0 spiro atoms. The van der Waals surface area contributed by atoms with E-state index in [-0.39, 0.29) is 11.5 Å². The van der Waals surface area contributed by atoms with E-state index in [2.05, 4.69) is 54.5 Å². The molecule has 3 aliphatic rings. The van der Waals surface area contributed by atoms with Gasteiger partial charge in [-0.05, 0) is 61.9 Å². The third-order valence-corrected chi connectivity index (χ3v) is 8.08. The van der Waals surface area contributed by atoms with Crippen LogP contribution in [-0.4, -0.2) is 23.1 Å². The van der Waals surface area contributed by atoms with E-state index in [0.717, 1.165) is 41.8 Å². The van der Waals surface area contributed by atoms with Crippen LogP contribution in [0.15, 0.2) is 61.2 Å². The summed E-state index contributed by atoms with van der Waals surface area (Å²) in [6, 6.07) is 17.5. The van der Waals surface area contributed by atoms with Gasteiger partial charge < -0.3 is 4.74 Å². The topological polar surface area (TPSA) is 12.2 Å². The number of hydrogen-bond acceptors (Lipinski definition) is 1. The highest BCUT2D eigenvalue weighted by atomic mass is 35.5. The van der Waals surface area contributed by atoms with Gasteiger partial charge in [-0.15, -0.1) is 6.58 Å². The third kappa shape index (κ3) is 3.72. The lowest BCUT2D eigenvalue weighted by Gasteiger charge is -2.40. The fourth-order valence-electron chi connectivity index (χ4n) is 5.86. The average molecular weight is 455 g/mol. The van der Waals surface area contributed by atoms with Crippen molar-refractivity contribution in [3.8, 4) is 0 Å². The Morgan fingerprint density at radius 2 is 1.87 bits per heavy atom. The molecule has 0 saturated heterocycles. The Morgan fingerprint density at radius 1 is 1.10 bits per heavy atom. The highest BCUT2D eigenvalue weighted by molar-refractivity contribution is 6.30. The predicted molar refractivity (Wildman–Crippen MR) is 128 cm³/mol. The maximum atomic E-state index is 6.56. The Labute approximate surface area is 195 Å². The summed E-state index contributed by atoms with van der Waals surface area (Å²) >= 11 is 12.7. The zero-order valence-electron chi connectivity index (χ0n) is 18.1. The summed E-state index contributed by atoms with van der Waals surface area (Å²) in [7, 11) is 0. The number of nitrogens with zero attached hydrogens (tertiary/aromatic N) is 1. The van der Waals surface area contributed by atoms with Crippen LogP contribution in [0.3, 0.4) is 0 Å². The summed E-state index contributed by atoms with van der Waals surface area (Å²) in [6.07, 6.45) is 7.65. The second kappa shape index (κ2) is 8.30. The van der Waals surface area contributed by atoms with E-state index in [9.17, 15) is 0 Å². The van der Waals surface area contributed by atoms with Crippen LogP contribution in [0.25, 0.3) is 0 Å². The molecule has 1 aliphatic carbocycles. The zero-order valence-corrected chi connectivity index (χ0v) is 19.6. The molecule has 1 fully saturated rings. The molecule has 0 unspecified atom stereocenters. The van der Waals surface area contributed by atoms with Gasteiger partial charge in [0.15, 0.2) is 18.7 Å². The van der Waals surface area contributed by atoms with E-state index in [1.54, 1.807) is 0 Å². The monoisotopic (exact) mass is 454 g/mol. The number of halogens is 2. The van der Waals surface area contributed by atoms with E-state index >= 15 is 0 Å². The smallest absolute Gasteiger partial charge is 0.344 e. The van der Waals surface area contributed by atoms with Crippen molar-refractivity contribution < 1.29 is 9.31 Å². The summed E-state index contributed by atoms with van der Waals surface area (Å²) in [4.78, 5) is 0. The Kier molecular flexibility index (Phi) is 5.65. The minimum Gasteiger partial charge on any atom is -0.441 e. The second-order valence-corrected chi connectivity index (χ2v) is 10.3. The van der Waals surface area contributed by atoms with Crippen LogP contribution in [0.1, 0.15) is 62.1 Å². The van der Waals surface area contributed by atoms with Crippen LogP contribution in [0.2, 0.25) is 10.0 Å². The van der Waals surface area contributed by atoms with E-state index in [1.165, 1.54) is 29.9 Å². The molecule has 0 amide bonds. The van der Waals surface area contributed by atoms with Crippen molar-refractivity contribution in [3.05, 3.63) is 82.4 Å². The molecular formula is C27H30Cl2NO+. The van der Waals surface area contributed by atoms with Crippen molar-refractivity contribution >= 4 is 29.1 Å². The molecule has 4 atom stereocenters. The third-order valence-electron chi connectivity index (χ3n) is 7.59. The zero-order chi connectivity index (χ0) is 21.6. The summed E-state index contributed by atoms with van der Waals surface area (Å²) in [6.45, 7) is 7.19. The Bertz CT molecular complexity index is 1010. The molecular weight excluding hydrogens is 425 g/mol. The fourth-order valence-corrected chi connectivity index (χ4v) is 6.19. The quantitative estimate of drug-likeness (QED) is 0.326. The van der Waals surface area contributed by atoms with Crippen molar-refractivity contribution in [3.63, 3.8) is 0 Å². The highest BCUT2D eigenvalue weighted by Crippen LogP contribution is 2.54. The van der Waals surface area contributed by atoms with E-state index in [0.29, 0.717) is 12.0 Å². The van der Waals surface area contributed by atoms with Crippen molar-refractivity contribution in [2.75, 3.05) is 6.61 Å². The molecule has 2 aromatic rings. The molecule has 2 heterocycles. The predicted octanol–water partition coefficient (Wildman–Crippen LogP) is 7.41. The molecule has 0 bridgehead atoms. The number of ether oxygens (including phenoxy) is 1. The van der Waals surface area contributed by atoms with Crippen molar-refractivity contribution in [2.24, 2.45) is 11.3 Å². The molecule has 5 rings (SSSR count). The average Bonchev–Trinajstić information content (AvgIpc) is 3.52. The maximum absolute atomic E-state index is 6.56. The SMILES string of the molecule is C=CC[C@@]1(CC)C[C@H](c2cccc(Cl)c2)[C@@H](c2ccc(Cl)cc2)[N+]2=C1OC[C@@H]2C1CC1. The van der Waals surface area contributed by atoms with Crippen molar-refractivity contribution in [2.45, 2.75) is 57.0 Å². The van der Waals surface area contributed by atoms with Gasteiger partial charge in [0.05, 0.1) is 11.3 Å². The van der Waals surface area contributed by atoms with Crippen LogP contribution < -0.4 is 0 Å². The first kappa shape index (κ1) is 21.1. The Balaban J connectivity index is 1.73. The van der Waals surface area contributed by atoms with Gasteiger partial charge in [0, 0.05) is 21.5 Å². The molecule has 1 saturated carbocycles. The molecule has 0 N–H and O–H groups in total. The van der Waals surface area contributed by atoms with Gasteiger partial charge in [0.1, 0.15) is 0 Å². The van der Waals surface area contributed by atoms with Gasteiger partial charge in [-0.2, -0.15) is 4.58 Å². The standard InChI is InChI=1S/C27H30Cl2NO/c1-3-14-27(4-2)16-23(20-6-5-7-22(29)15-20)25(19-10-12-21(28)13-11-19)30-24(18-8-9-18)17-31-26(27)30/h3,5-7,10-13,15,18,23-25H,1,4,8-9,14,16-17H2,2H3/q+1/t23-,24-,25-,27+/m1/s1. The summed E-state index contributed by atoms with van der Waals surface area (Å²) in [5.74, 6) is 2.22. The molecule has 2 aromatic carbocycles. The molecule has 0 radical (unpaired) electrons. The Hall–Kier alpha value is -1.77. The minimum atomic E-state index is -0.0265. The fraction of sp³-hybridized carbons (Fsp3) is 0.444. The number of allylic oxidation sites excluding steroid dienone is 1. The first-order valence-corrected chi connectivity index (χ1v) is 12.2. The minimum absolute atomic E-state index is 0.0265. The largest absolute Gasteiger partial charge is 0.441 e. The Morgan fingerprint density at radius 3 is 2.52 bits per heavy atom. The van der Waals surface area contributed by atoms with Gasteiger partial charge in [0.25, 0.3) is 0 Å². The highest BCUT2D eigenvalue weighted by Gasteiger charge is 2.60. The normalized spacial score (nSPS) is 30.1. The lowest BCUT2D eigenvalue weighted by Crippen LogP contribution is -2.47. The molecule has 0 aromatic heterocycles. The molecule has 31 heavy (non-hydrogen) atoms. The van der Waals surface area contributed by atoms with Crippen molar-refractivity contribution in [1.82, 2.24) is 0 Å². The van der Waals surface area contributed by atoms with Gasteiger partial charge in [0.2, 0.25) is 0 Å². The summed E-state index contributed by atoms with van der Waals surface area (Å²) in [5, 5.41) is 1.57. The van der Waals surface area contributed by atoms with E-state index < -0.39 is 0 Å². The lowest BCUT2D eigenvalue weighted by molar-refractivity contribution is -0.614.